The van der Waals surface area contributed by atoms with Crippen LogP contribution in [0.1, 0.15) is 19.3 Å². The third-order valence-electron chi connectivity index (χ3n) is 4.15. The van der Waals surface area contributed by atoms with Crippen molar-refractivity contribution < 1.29 is 14.3 Å². The smallest absolute Gasteiger partial charge is 0.243 e. The van der Waals surface area contributed by atoms with E-state index in [1.54, 1.807) is 7.05 Å². The lowest BCUT2D eigenvalue weighted by atomic mass is 10.0. The normalized spacial score (nSPS) is 15.5. The second-order valence-corrected chi connectivity index (χ2v) is 6.25. The number of guanidine groups is 1. The van der Waals surface area contributed by atoms with Crippen LogP contribution in [-0.4, -0.2) is 58.4 Å². The van der Waals surface area contributed by atoms with Crippen LogP contribution in [0.15, 0.2) is 35.3 Å². The van der Waals surface area contributed by atoms with E-state index in [-0.39, 0.29) is 12.5 Å². The summed E-state index contributed by atoms with van der Waals surface area (Å²) >= 11 is 0. The lowest BCUT2D eigenvalue weighted by Gasteiger charge is -2.21. The summed E-state index contributed by atoms with van der Waals surface area (Å²) in [7, 11) is 1.69. The third kappa shape index (κ3) is 8.31. The lowest BCUT2D eigenvalue weighted by molar-refractivity contribution is -0.115. The Morgan fingerprint density at radius 3 is 2.73 bits per heavy atom. The van der Waals surface area contributed by atoms with Gasteiger partial charge < -0.3 is 25.4 Å². The molecule has 1 fully saturated rings. The number of carbonyl (C=O) groups excluding carboxylic acids is 1. The van der Waals surface area contributed by atoms with E-state index in [0.717, 1.165) is 57.9 Å². The Morgan fingerprint density at radius 2 is 2.00 bits per heavy atom. The number of nitrogens with one attached hydrogen (secondary N) is 3. The molecule has 2 rings (SSSR count). The fourth-order valence-corrected chi connectivity index (χ4v) is 2.66. The Balaban J connectivity index is 1.51. The molecule has 3 N–H and O–H groups in total. The van der Waals surface area contributed by atoms with Gasteiger partial charge in [0.2, 0.25) is 5.91 Å². The van der Waals surface area contributed by atoms with E-state index in [4.69, 9.17) is 9.47 Å². The molecule has 0 aliphatic carbocycles. The summed E-state index contributed by atoms with van der Waals surface area (Å²) < 4.78 is 11.1. The molecule has 1 saturated heterocycles. The summed E-state index contributed by atoms with van der Waals surface area (Å²) in [5.41, 5.74) is 0.781. The molecule has 0 saturated carbocycles. The average Bonchev–Trinajstić information content (AvgIpc) is 2.68. The summed E-state index contributed by atoms with van der Waals surface area (Å²) in [6.45, 7) is 4.15. The van der Waals surface area contributed by atoms with Gasteiger partial charge in [0.15, 0.2) is 5.96 Å². The van der Waals surface area contributed by atoms with Crippen molar-refractivity contribution in [1.29, 1.82) is 0 Å². The van der Waals surface area contributed by atoms with E-state index < -0.39 is 0 Å². The first kappa shape index (κ1) is 20.2. The van der Waals surface area contributed by atoms with Crippen LogP contribution in [-0.2, 0) is 14.3 Å². The highest BCUT2D eigenvalue weighted by atomic mass is 16.5. The predicted octanol–water partition coefficient (Wildman–Crippen LogP) is 1.62. The van der Waals surface area contributed by atoms with E-state index in [0.29, 0.717) is 11.9 Å². The molecule has 0 unspecified atom stereocenters. The Kier molecular flexibility index (Phi) is 9.53. The maximum atomic E-state index is 11.9. The predicted molar refractivity (Wildman–Crippen MR) is 103 cm³/mol. The minimum absolute atomic E-state index is 0.112. The monoisotopic (exact) mass is 362 g/mol. The Morgan fingerprint density at radius 1 is 1.23 bits per heavy atom. The summed E-state index contributed by atoms with van der Waals surface area (Å²) in [5, 5.41) is 9.01. The molecule has 1 amide bonds. The molecule has 1 aromatic rings. The topological polar surface area (TPSA) is 84.0 Å². The first-order chi connectivity index (χ1) is 12.8. The molecule has 1 aromatic carbocycles. The standard InChI is InChI=1S/C19H30N4O3/c1-20-19(22-14-18(24)23-17-6-3-2-4-7-17)21-10-5-11-26-15-16-8-12-25-13-9-16/h2-4,6-7,16H,5,8-15H2,1H3,(H,23,24)(H2,20,21,22). The van der Waals surface area contributed by atoms with Gasteiger partial charge in [-0.1, -0.05) is 18.2 Å². The van der Waals surface area contributed by atoms with Crippen molar-refractivity contribution in [2.24, 2.45) is 10.9 Å². The minimum Gasteiger partial charge on any atom is -0.381 e. The number of anilines is 1. The van der Waals surface area contributed by atoms with Crippen LogP contribution in [0.5, 0.6) is 0 Å². The van der Waals surface area contributed by atoms with Crippen LogP contribution >= 0.6 is 0 Å². The fraction of sp³-hybridized carbons (Fsp3) is 0.579. The van der Waals surface area contributed by atoms with Gasteiger partial charge in [-0.15, -0.1) is 0 Å². The zero-order valence-electron chi connectivity index (χ0n) is 15.5. The Labute approximate surface area is 155 Å². The summed E-state index contributed by atoms with van der Waals surface area (Å²) in [4.78, 5) is 16.0. The number of ether oxygens (including phenoxy) is 2. The zero-order chi connectivity index (χ0) is 18.5. The van der Waals surface area contributed by atoms with Gasteiger partial charge in [-0.05, 0) is 37.3 Å². The molecular weight excluding hydrogens is 332 g/mol. The summed E-state index contributed by atoms with van der Waals surface area (Å²) in [5.74, 6) is 1.13. The molecule has 1 aliphatic rings. The van der Waals surface area contributed by atoms with Crippen LogP contribution in [0.3, 0.4) is 0 Å². The van der Waals surface area contributed by atoms with Crippen molar-refractivity contribution in [1.82, 2.24) is 10.6 Å². The SMILES string of the molecule is CN=C(NCCCOCC1CCOCC1)NCC(=O)Nc1ccccc1. The van der Waals surface area contributed by atoms with Gasteiger partial charge in [-0.3, -0.25) is 9.79 Å². The highest BCUT2D eigenvalue weighted by Crippen LogP contribution is 2.14. The van der Waals surface area contributed by atoms with Gasteiger partial charge in [0.1, 0.15) is 0 Å². The molecular formula is C19H30N4O3. The quantitative estimate of drug-likeness (QED) is 0.353. The van der Waals surface area contributed by atoms with Crippen molar-refractivity contribution in [3.8, 4) is 0 Å². The van der Waals surface area contributed by atoms with Crippen LogP contribution < -0.4 is 16.0 Å². The molecule has 7 nitrogen and oxygen atoms in total. The van der Waals surface area contributed by atoms with Gasteiger partial charge in [0, 0.05) is 45.7 Å². The van der Waals surface area contributed by atoms with Gasteiger partial charge in [-0.25, -0.2) is 0 Å². The molecule has 1 aliphatic heterocycles. The fourth-order valence-electron chi connectivity index (χ4n) is 2.66. The van der Waals surface area contributed by atoms with Crippen molar-refractivity contribution in [3.05, 3.63) is 30.3 Å². The highest BCUT2D eigenvalue weighted by Gasteiger charge is 2.13. The van der Waals surface area contributed by atoms with Crippen molar-refractivity contribution in [2.45, 2.75) is 19.3 Å². The number of aliphatic imine (C=N–C) groups is 1. The first-order valence-electron chi connectivity index (χ1n) is 9.23. The number of benzene rings is 1. The largest absolute Gasteiger partial charge is 0.381 e. The van der Waals surface area contributed by atoms with Crippen molar-refractivity contribution in [2.75, 3.05) is 51.9 Å². The van der Waals surface area contributed by atoms with Crippen LogP contribution in [0.4, 0.5) is 5.69 Å². The number of rotatable bonds is 9. The zero-order valence-corrected chi connectivity index (χ0v) is 15.5. The summed E-state index contributed by atoms with van der Waals surface area (Å²) in [6, 6.07) is 9.38. The number of hydrogen-bond acceptors (Lipinski definition) is 4. The molecule has 26 heavy (non-hydrogen) atoms. The van der Waals surface area contributed by atoms with Gasteiger partial charge in [0.05, 0.1) is 6.54 Å². The first-order valence-corrected chi connectivity index (χ1v) is 9.23. The molecule has 0 bridgehead atoms. The summed E-state index contributed by atoms with van der Waals surface area (Å²) in [6.07, 6.45) is 3.08. The van der Waals surface area contributed by atoms with Crippen LogP contribution in [0.25, 0.3) is 0 Å². The Hall–Kier alpha value is -2.12. The van der Waals surface area contributed by atoms with Gasteiger partial charge in [-0.2, -0.15) is 0 Å². The average molecular weight is 362 g/mol. The molecule has 144 valence electrons. The lowest BCUT2D eigenvalue weighted by Crippen LogP contribution is -2.41. The highest BCUT2D eigenvalue weighted by molar-refractivity contribution is 5.94. The molecule has 0 radical (unpaired) electrons. The van der Waals surface area contributed by atoms with E-state index in [2.05, 4.69) is 20.9 Å². The number of amides is 1. The molecule has 1 heterocycles. The van der Waals surface area contributed by atoms with E-state index in [1.165, 1.54) is 0 Å². The van der Waals surface area contributed by atoms with Crippen molar-refractivity contribution >= 4 is 17.6 Å². The second-order valence-electron chi connectivity index (χ2n) is 6.25. The van der Waals surface area contributed by atoms with E-state index in [1.807, 2.05) is 30.3 Å². The number of para-hydroxylation sites is 1. The second kappa shape index (κ2) is 12.3. The number of nitrogens with zero attached hydrogens (tertiary/aromatic N) is 1. The van der Waals surface area contributed by atoms with Gasteiger partial charge in [0.25, 0.3) is 0 Å². The van der Waals surface area contributed by atoms with Crippen molar-refractivity contribution in [3.63, 3.8) is 0 Å². The Bertz CT molecular complexity index is 545. The maximum absolute atomic E-state index is 11.9. The minimum atomic E-state index is -0.112. The van der Waals surface area contributed by atoms with E-state index in [9.17, 15) is 4.79 Å². The van der Waals surface area contributed by atoms with Crippen LogP contribution in [0.2, 0.25) is 0 Å². The molecule has 7 heteroatoms. The van der Waals surface area contributed by atoms with Gasteiger partial charge >= 0.3 is 0 Å². The number of hydrogen-bond donors (Lipinski definition) is 3. The third-order valence-corrected chi connectivity index (χ3v) is 4.15. The molecule has 0 spiro atoms. The number of carbonyl (C=O) groups is 1. The van der Waals surface area contributed by atoms with E-state index >= 15 is 0 Å². The molecule has 0 atom stereocenters. The van der Waals surface area contributed by atoms with Crippen LogP contribution in [0, 0.1) is 5.92 Å². The maximum Gasteiger partial charge on any atom is 0.243 e. The molecule has 0 aromatic heterocycles.